The van der Waals surface area contributed by atoms with Gasteiger partial charge >= 0.3 is 5.97 Å². The molecule has 0 spiro atoms. The molecular formula is C79H150O7. The van der Waals surface area contributed by atoms with Crippen molar-refractivity contribution in [1.82, 2.24) is 0 Å². The maximum Gasteiger partial charge on any atom is 0.346 e. The SMILES string of the molecule is CCCCCCCCCCCCOC(=O)c1c(OCCCCCCCCCCCC)c(OCCCCCCCCCCCC)c(OCCCCCCCCCCCC)c(OCCCCCCCCCCCC)c1OCCCCCCCCCCCC. The monoisotopic (exact) mass is 1210 g/mol. The second-order valence-corrected chi connectivity index (χ2v) is 26.5. The molecule has 1 aromatic carbocycles. The molecule has 7 nitrogen and oxygen atoms in total. The number of carbonyl (C=O) groups excluding carboxylic acids is 1. The van der Waals surface area contributed by atoms with Gasteiger partial charge in [-0.05, 0) is 38.5 Å². The third-order valence-electron chi connectivity index (χ3n) is 17.9. The van der Waals surface area contributed by atoms with E-state index in [0.29, 0.717) is 74.0 Å². The number of carbonyl (C=O) groups is 1. The number of hydrogen-bond acceptors (Lipinski definition) is 7. The third-order valence-corrected chi connectivity index (χ3v) is 17.9. The van der Waals surface area contributed by atoms with Crippen LogP contribution in [0, 0.1) is 0 Å². The Morgan fingerprint density at radius 1 is 0.186 bits per heavy atom. The number of esters is 1. The molecule has 0 aliphatic carbocycles. The smallest absolute Gasteiger partial charge is 0.346 e. The van der Waals surface area contributed by atoms with E-state index in [2.05, 4.69) is 41.5 Å². The van der Waals surface area contributed by atoms with Gasteiger partial charge in [0, 0.05) is 0 Å². The predicted molar refractivity (Wildman–Crippen MR) is 375 cm³/mol. The van der Waals surface area contributed by atoms with Crippen LogP contribution < -0.4 is 23.7 Å². The van der Waals surface area contributed by atoms with Crippen molar-refractivity contribution in [3.63, 3.8) is 0 Å². The fourth-order valence-electron chi connectivity index (χ4n) is 12.1. The average Bonchev–Trinajstić information content (AvgIpc) is 0.984. The van der Waals surface area contributed by atoms with E-state index in [1.807, 2.05) is 0 Å². The summed E-state index contributed by atoms with van der Waals surface area (Å²) in [6, 6.07) is 0. The highest BCUT2D eigenvalue weighted by atomic mass is 16.6. The first-order chi connectivity index (χ1) is 42.6. The molecule has 7 heteroatoms. The van der Waals surface area contributed by atoms with Gasteiger partial charge in [-0.25, -0.2) is 4.79 Å². The Morgan fingerprint density at radius 2 is 0.326 bits per heavy atom. The second-order valence-electron chi connectivity index (χ2n) is 26.5. The molecule has 0 aromatic heterocycles. The Morgan fingerprint density at radius 3 is 0.512 bits per heavy atom. The van der Waals surface area contributed by atoms with Gasteiger partial charge in [0.05, 0.1) is 39.6 Å². The first-order valence-corrected chi connectivity index (χ1v) is 39.2. The number of benzene rings is 1. The molecule has 508 valence electrons. The van der Waals surface area contributed by atoms with Crippen molar-refractivity contribution in [3.8, 4) is 28.7 Å². The van der Waals surface area contributed by atoms with E-state index in [4.69, 9.17) is 28.4 Å². The molecule has 0 saturated heterocycles. The molecule has 0 amide bonds. The Labute approximate surface area is 537 Å². The van der Waals surface area contributed by atoms with Gasteiger partial charge in [0.2, 0.25) is 17.2 Å². The van der Waals surface area contributed by atoms with Gasteiger partial charge in [-0.2, -0.15) is 0 Å². The van der Waals surface area contributed by atoms with Crippen LogP contribution in [-0.4, -0.2) is 45.6 Å². The van der Waals surface area contributed by atoms with Crippen molar-refractivity contribution in [3.05, 3.63) is 5.56 Å². The van der Waals surface area contributed by atoms with E-state index in [1.165, 1.54) is 308 Å². The summed E-state index contributed by atoms with van der Waals surface area (Å²) in [5.74, 6) is 2.05. The molecule has 0 aliphatic heterocycles. The summed E-state index contributed by atoms with van der Waals surface area (Å²) in [6.45, 7) is 16.7. The van der Waals surface area contributed by atoms with E-state index < -0.39 is 5.97 Å². The van der Waals surface area contributed by atoms with E-state index in [-0.39, 0.29) is 0 Å². The Hall–Kier alpha value is -2.31. The molecule has 86 heavy (non-hydrogen) atoms. The Balaban J connectivity index is 3.78. The van der Waals surface area contributed by atoms with Crippen molar-refractivity contribution in [2.45, 2.75) is 427 Å². The highest BCUT2D eigenvalue weighted by molar-refractivity contribution is 5.99. The van der Waals surface area contributed by atoms with Crippen LogP contribution in [0.15, 0.2) is 0 Å². The fourth-order valence-corrected chi connectivity index (χ4v) is 12.1. The molecule has 0 heterocycles. The van der Waals surface area contributed by atoms with E-state index >= 15 is 4.79 Å². The zero-order chi connectivity index (χ0) is 62.0. The Bertz CT molecular complexity index is 1450. The lowest BCUT2D eigenvalue weighted by atomic mass is 10.1. The number of rotatable bonds is 72. The summed E-state index contributed by atoms with van der Waals surface area (Å²) in [5.41, 5.74) is 0.332. The molecule has 0 saturated carbocycles. The lowest BCUT2D eigenvalue weighted by Crippen LogP contribution is -2.17. The van der Waals surface area contributed by atoms with Crippen LogP contribution in [0.3, 0.4) is 0 Å². The summed E-state index contributed by atoms with van der Waals surface area (Å²) in [7, 11) is 0. The molecule has 0 aliphatic rings. The van der Waals surface area contributed by atoms with Crippen LogP contribution in [0.5, 0.6) is 28.7 Å². The van der Waals surface area contributed by atoms with Gasteiger partial charge in [-0.3, -0.25) is 0 Å². The quantitative estimate of drug-likeness (QED) is 0.0475. The minimum Gasteiger partial charge on any atom is -0.489 e. The number of ether oxygens (including phenoxy) is 6. The van der Waals surface area contributed by atoms with Gasteiger partial charge in [-0.1, -0.05) is 388 Å². The number of unbranched alkanes of at least 4 members (excludes halogenated alkanes) is 54. The van der Waals surface area contributed by atoms with Crippen molar-refractivity contribution in [2.24, 2.45) is 0 Å². The largest absolute Gasteiger partial charge is 0.489 e. The average molecular weight is 1210 g/mol. The molecule has 0 bridgehead atoms. The van der Waals surface area contributed by atoms with Crippen molar-refractivity contribution < 1.29 is 33.2 Å². The highest BCUT2D eigenvalue weighted by Gasteiger charge is 2.35. The summed E-state index contributed by atoms with van der Waals surface area (Å²) >= 11 is 0. The van der Waals surface area contributed by atoms with Crippen LogP contribution in [0.2, 0.25) is 0 Å². The van der Waals surface area contributed by atoms with Crippen molar-refractivity contribution in [1.29, 1.82) is 0 Å². The first-order valence-electron chi connectivity index (χ1n) is 39.2. The van der Waals surface area contributed by atoms with Crippen LogP contribution in [0.25, 0.3) is 0 Å². The first kappa shape index (κ1) is 81.7. The lowest BCUT2D eigenvalue weighted by molar-refractivity contribution is 0.0484. The van der Waals surface area contributed by atoms with Crippen LogP contribution >= 0.6 is 0 Å². The topological polar surface area (TPSA) is 72.5 Å². The zero-order valence-corrected chi connectivity index (χ0v) is 59.0. The summed E-state index contributed by atoms with van der Waals surface area (Å²) < 4.78 is 41.7. The molecule has 0 radical (unpaired) electrons. The second kappa shape index (κ2) is 67.1. The maximum absolute atomic E-state index is 15.2. The van der Waals surface area contributed by atoms with E-state index in [0.717, 1.165) is 77.0 Å². The lowest BCUT2D eigenvalue weighted by Gasteiger charge is -2.25. The minimum absolute atomic E-state index is 0.332. The van der Waals surface area contributed by atoms with Crippen LogP contribution in [0.1, 0.15) is 437 Å². The molecular weight excluding hydrogens is 1060 g/mol. The summed E-state index contributed by atoms with van der Waals surface area (Å²) in [5, 5.41) is 0. The standard InChI is InChI=1S/C79H150O7/c1-7-13-19-25-31-37-43-49-55-61-67-81-74-73(79(80)86-72-66-60-54-48-42-36-30-24-18-12-6)75(82-68-62-56-50-44-38-32-26-20-14-8-2)77(84-70-64-58-52-46-40-34-28-22-16-10-4)78(85-71-65-59-53-47-41-35-29-23-17-11-5)76(74)83-69-63-57-51-45-39-33-27-21-15-9-3/h7-72H2,1-6H3. The molecule has 0 fully saturated rings. The van der Waals surface area contributed by atoms with E-state index in [9.17, 15) is 0 Å². The van der Waals surface area contributed by atoms with Crippen molar-refractivity contribution >= 4 is 5.97 Å². The van der Waals surface area contributed by atoms with Gasteiger partial charge in [-0.15, -0.1) is 0 Å². The summed E-state index contributed by atoms with van der Waals surface area (Å²) in [6.07, 6.45) is 74.7. The molecule has 1 aromatic rings. The fraction of sp³-hybridized carbons (Fsp3) is 0.911. The van der Waals surface area contributed by atoms with E-state index in [1.54, 1.807) is 0 Å². The molecule has 1 rings (SSSR count). The third kappa shape index (κ3) is 49.5. The highest BCUT2D eigenvalue weighted by Crippen LogP contribution is 2.55. The number of hydrogen-bond donors (Lipinski definition) is 0. The van der Waals surface area contributed by atoms with Crippen molar-refractivity contribution in [2.75, 3.05) is 39.6 Å². The van der Waals surface area contributed by atoms with Gasteiger partial charge in [0.1, 0.15) is 0 Å². The van der Waals surface area contributed by atoms with Gasteiger partial charge in [0.15, 0.2) is 17.1 Å². The molecule has 0 N–H and O–H groups in total. The van der Waals surface area contributed by atoms with Crippen LogP contribution in [-0.2, 0) is 4.74 Å². The maximum atomic E-state index is 15.2. The van der Waals surface area contributed by atoms with Gasteiger partial charge < -0.3 is 28.4 Å². The predicted octanol–water partition coefficient (Wildman–Crippen LogP) is 27.3. The molecule has 0 atom stereocenters. The van der Waals surface area contributed by atoms with Gasteiger partial charge in [0.25, 0.3) is 0 Å². The Kier molecular flexibility index (Phi) is 63.7. The molecule has 0 unspecified atom stereocenters. The zero-order valence-electron chi connectivity index (χ0n) is 59.0. The normalized spacial score (nSPS) is 11.5. The summed E-state index contributed by atoms with van der Waals surface area (Å²) in [4.78, 5) is 15.2. The van der Waals surface area contributed by atoms with Crippen LogP contribution in [0.4, 0.5) is 0 Å². The minimum atomic E-state index is -0.397.